The maximum absolute atomic E-state index is 13.9. The Labute approximate surface area is 204 Å². The summed E-state index contributed by atoms with van der Waals surface area (Å²) in [5.41, 5.74) is 0.997. The van der Waals surface area contributed by atoms with Gasteiger partial charge in [-0.3, -0.25) is 9.59 Å². The van der Waals surface area contributed by atoms with Crippen molar-refractivity contribution in [2.24, 2.45) is 0 Å². The molecule has 2 saturated heterocycles. The number of benzene rings is 1. The van der Waals surface area contributed by atoms with Crippen LogP contribution in [0.1, 0.15) is 41.9 Å². The second-order valence-electron chi connectivity index (χ2n) is 7.79. The lowest BCUT2D eigenvalue weighted by Gasteiger charge is -2.17. The summed E-state index contributed by atoms with van der Waals surface area (Å²) in [5.74, 6) is -1.71. The van der Waals surface area contributed by atoms with Gasteiger partial charge in [-0.1, -0.05) is 7.43 Å². The first-order valence-corrected chi connectivity index (χ1v) is 11.4. The molecule has 2 aliphatic heterocycles. The van der Waals surface area contributed by atoms with Crippen LogP contribution in [-0.2, 0) is 19.2 Å². The topological polar surface area (TPSA) is 120 Å². The van der Waals surface area contributed by atoms with Crippen molar-refractivity contribution >= 4 is 50.8 Å². The number of anilines is 2. The monoisotopic (exact) mass is 502 g/mol. The number of hydroxylamine groups is 2. The van der Waals surface area contributed by atoms with E-state index in [1.54, 1.807) is 6.92 Å². The van der Waals surface area contributed by atoms with Gasteiger partial charge in [-0.2, -0.15) is 0 Å². The number of amides is 2. The molecule has 0 spiro atoms. The number of imide groups is 1. The first-order chi connectivity index (χ1) is 16.4. The number of aryl methyl sites for hydroxylation is 1. The Balaban J connectivity index is 0.00000289. The van der Waals surface area contributed by atoms with Gasteiger partial charge in [0.1, 0.15) is 39.5 Å². The highest BCUT2D eigenvalue weighted by Crippen LogP contribution is 2.37. The van der Waals surface area contributed by atoms with Crippen LogP contribution in [0.25, 0.3) is 10.2 Å². The summed E-state index contributed by atoms with van der Waals surface area (Å²) in [7, 11) is 0. The zero-order valence-corrected chi connectivity index (χ0v) is 18.8. The predicted molar refractivity (Wildman–Crippen MR) is 125 cm³/mol. The largest absolute Gasteiger partial charge is 0.486 e. The molecular formula is C23H23FN4O6S. The van der Waals surface area contributed by atoms with E-state index in [1.807, 2.05) is 0 Å². The zero-order chi connectivity index (χ0) is 23.8. The number of hydrogen-bond donors (Lipinski definition) is 1. The van der Waals surface area contributed by atoms with Crippen LogP contribution in [0.5, 0.6) is 5.75 Å². The van der Waals surface area contributed by atoms with E-state index in [0.29, 0.717) is 57.7 Å². The molecule has 0 bridgehead atoms. The lowest BCUT2D eigenvalue weighted by atomic mass is 10.2. The molecule has 10 nitrogen and oxygen atoms in total. The number of ether oxygens (including phenoxy) is 2. The van der Waals surface area contributed by atoms with Crippen LogP contribution in [0.15, 0.2) is 24.5 Å². The van der Waals surface area contributed by atoms with E-state index in [4.69, 9.17) is 14.3 Å². The number of thiophene rings is 1. The minimum atomic E-state index is -0.831. The molecule has 12 heteroatoms. The third-order valence-corrected chi connectivity index (χ3v) is 6.65. The van der Waals surface area contributed by atoms with E-state index in [1.165, 1.54) is 24.5 Å². The summed E-state index contributed by atoms with van der Waals surface area (Å²) in [6.45, 7) is 2.69. The first-order valence-electron chi connectivity index (χ1n) is 10.5. The predicted octanol–water partition coefficient (Wildman–Crippen LogP) is 3.91. The molecule has 2 aliphatic rings. The van der Waals surface area contributed by atoms with Crippen molar-refractivity contribution in [1.29, 1.82) is 0 Å². The fraction of sp³-hybridized carbons (Fsp3) is 0.348. The summed E-state index contributed by atoms with van der Waals surface area (Å²) in [6.07, 6.45) is 1.86. The molecule has 2 fully saturated rings. The average Bonchev–Trinajstić information content (AvgIpc) is 3.52. The van der Waals surface area contributed by atoms with E-state index >= 15 is 0 Å². The molecule has 0 aliphatic carbocycles. The average molecular weight is 503 g/mol. The van der Waals surface area contributed by atoms with E-state index in [0.717, 1.165) is 11.3 Å². The number of aromatic nitrogens is 2. The second-order valence-corrected chi connectivity index (χ2v) is 8.79. The third kappa shape index (κ3) is 4.80. The number of halogens is 1. The Morgan fingerprint density at radius 2 is 2.03 bits per heavy atom. The number of rotatable bonds is 6. The molecule has 184 valence electrons. The molecule has 0 radical (unpaired) electrons. The first kappa shape index (κ1) is 24.5. The minimum absolute atomic E-state index is 0. The molecule has 35 heavy (non-hydrogen) atoms. The van der Waals surface area contributed by atoms with Crippen LogP contribution in [0.4, 0.5) is 15.9 Å². The zero-order valence-electron chi connectivity index (χ0n) is 18.0. The van der Waals surface area contributed by atoms with Crippen molar-refractivity contribution in [2.45, 2.75) is 39.7 Å². The van der Waals surface area contributed by atoms with Crippen LogP contribution < -0.4 is 10.1 Å². The number of nitrogens with one attached hydrogen (secondary N) is 1. The standard InChI is InChI=1S/C22H19FN4O6S.CH4/c1-11-18-20(26-14-3-2-12(23)8-15(14)32-13-6-7-31-9-13)24-10-25-21(18)34-19(11)22(30)33-27-16(28)4-5-17(27)29;/h2-3,8,10,13H,4-7,9H2,1H3,(H,24,25,26);1H4/t13-;/m1./s1. The van der Waals surface area contributed by atoms with Crippen LogP contribution in [0.2, 0.25) is 0 Å². The van der Waals surface area contributed by atoms with E-state index in [-0.39, 0.29) is 31.2 Å². The number of carbonyl (C=O) groups excluding carboxylic acids is 3. The highest BCUT2D eigenvalue weighted by Gasteiger charge is 2.34. The van der Waals surface area contributed by atoms with E-state index < -0.39 is 23.6 Å². The van der Waals surface area contributed by atoms with Crippen molar-refractivity contribution in [3.8, 4) is 5.75 Å². The number of carbonyl (C=O) groups is 3. The maximum Gasteiger partial charge on any atom is 0.374 e. The lowest BCUT2D eigenvalue weighted by Crippen LogP contribution is -2.31. The van der Waals surface area contributed by atoms with Crippen molar-refractivity contribution in [1.82, 2.24) is 15.0 Å². The molecule has 3 aromatic rings. The molecule has 1 N–H and O–H groups in total. The summed E-state index contributed by atoms with van der Waals surface area (Å²) in [5, 5.41) is 4.21. The highest BCUT2D eigenvalue weighted by atomic mass is 32.1. The molecule has 0 saturated carbocycles. The summed E-state index contributed by atoms with van der Waals surface area (Å²) in [4.78, 5) is 50.6. The molecule has 2 aromatic heterocycles. The number of hydrogen-bond acceptors (Lipinski definition) is 10. The Morgan fingerprint density at radius 1 is 1.26 bits per heavy atom. The fourth-order valence-corrected chi connectivity index (χ4v) is 4.77. The Morgan fingerprint density at radius 3 is 2.74 bits per heavy atom. The summed E-state index contributed by atoms with van der Waals surface area (Å²) >= 11 is 1.05. The Hall–Kier alpha value is -3.64. The van der Waals surface area contributed by atoms with Gasteiger partial charge in [-0.05, 0) is 24.6 Å². The molecule has 2 amide bonds. The van der Waals surface area contributed by atoms with Gasteiger partial charge in [0.05, 0.1) is 24.3 Å². The van der Waals surface area contributed by atoms with Crippen molar-refractivity contribution in [3.63, 3.8) is 0 Å². The van der Waals surface area contributed by atoms with Gasteiger partial charge >= 0.3 is 5.97 Å². The summed E-state index contributed by atoms with van der Waals surface area (Å²) in [6, 6.07) is 4.12. The fourth-order valence-electron chi connectivity index (χ4n) is 3.75. The number of nitrogens with zero attached hydrogens (tertiary/aromatic N) is 3. The van der Waals surface area contributed by atoms with Gasteiger partial charge in [0.2, 0.25) is 0 Å². The minimum Gasteiger partial charge on any atom is -0.486 e. The SMILES string of the molecule is C.Cc1c(C(=O)ON2C(=O)CCC2=O)sc2ncnc(Nc3ccc(F)cc3O[C@@H]3CCOC3)c12. The third-order valence-electron chi connectivity index (χ3n) is 5.47. The van der Waals surface area contributed by atoms with Crippen molar-refractivity contribution in [2.75, 3.05) is 18.5 Å². The van der Waals surface area contributed by atoms with Crippen molar-refractivity contribution < 1.29 is 33.1 Å². The number of fused-ring (bicyclic) bond motifs is 1. The van der Waals surface area contributed by atoms with Gasteiger partial charge in [-0.25, -0.2) is 19.2 Å². The molecule has 4 heterocycles. The van der Waals surface area contributed by atoms with Gasteiger partial charge in [-0.15, -0.1) is 16.4 Å². The Bertz CT molecular complexity index is 1290. The highest BCUT2D eigenvalue weighted by molar-refractivity contribution is 7.20. The van der Waals surface area contributed by atoms with Crippen LogP contribution in [-0.4, -0.2) is 52.1 Å². The van der Waals surface area contributed by atoms with Gasteiger partial charge < -0.3 is 19.6 Å². The van der Waals surface area contributed by atoms with Crippen LogP contribution in [0.3, 0.4) is 0 Å². The second kappa shape index (κ2) is 9.92. The van der Waals surface area contributed by atoms with Crippen LogP contribution >= 0.6 is 11.3 Å². The normalized spacial score (nSPS) is 17.5. The maximum atomic E-state index is 13.9. The van der Waals surface area contributed by atoms with Crippen molar-refractivity contribution in [3.05, 3.63) is 40.8 Å². The molecule has 1 atom stereocenters. The molecule has 5 rings (SSSR count). The van der Waals surface area contributed by atoms with Crippen LogP contribution in [0, 0.1) is 12.7 Å². The van der Waals surface area contributed by atoms with E-state index in [2.05, 4.69) is 15.3 Å². The summed E-state index contributed by atoms with van der Waals surface area (Å²) < 4.78 is 25.2. The smallest absolute Gasteiger partial charge is 0.374 e. The Kier molecular flexibility index (Phi) is 6.94. The van der Waals surface area contributed by atoms with Gasteiger partial charge in [0.15, 0.2) is 0 Å². The molecular weight excluding hydrogens is 479 g/mol. The van der Waals surface area contributed by atoms with Gasteiger partial charge in [0, 0.05) is 25.3 Å². The quantitative estimate of drug-likeness (QED) is 0.500. The van der Waals surface area contributed by atoms with E-state index in [9.17, 15) is 18.8 Å². The lowest BCUT2D eigenvalue weighted by molar-refractivity contribution is -0.172. The molecule has 1 aromatic carbocycles. The molecule has 0 unspecified atom stereocenters. The van der Waals surface area contributed by atoms with Gasteiger partial charge in [0.25, 0.3) is 11.8 Å².